The second-order valence-corrected chi connectivity index (χ2v) is 6.22. The monoisotopic (exact) mass is 366 g/mol. The zero-order chi connectivity index (χ0) is 19.5. The molecule has 1 N–H and O–H groups in total. The van der Waals surface area contributed by atoms with E-state index in [9.17, 15) is 9.59 Å². The van der Waals surface area contributed by atoms with Gasteiger partial charge in [-0.05, 0) is 36.2 Å². The lowest BCUT2D eigenvalue weighted by molar-refractivity contribution is -0.125. The molecule has 0 aliphatic rings. The highest BCUT2D eigenvalue weighted by atomic mass is 16.2. The molecule has 1 unspecified atom stereocenters. The number of unbranched alkanes of at least 4 members (excludes halogenated alkanes) is 1. The highest BCUT2D eigenvalue weighted by Gasteiger charge is 2.30. The normalized spacial score (nSPS) is 11.4. The number of carbonyl (C=O) groups is 2. The zero-order valence-electron chi connectivity index (χ0n) is 15.7. The van der Waals surface area contributed by atoms with Gasteiger partial charge >= 0.3 is 0 Å². The van der Waals surface area contributed by atoms with E-state index in [-0.39, 0.29) is 11.8 Å². The molecule has 0 aromatic carbocycles. The molecule has 1 atom stereocenters. The molecule has 6 nitrogen and oxygen atoms in total. The Balaban J connectivity index is 2.35. The van der Waals surface area contributed by atoms with Crippen molar-refractivity contribution < 1.29 is 9.59 Å². The number of pyridine rings is 2. The van der Waals surface area contributed by atoms with Crippen LogP contribution in [0.5, 0.6) is 0 Å². The average molecular weight is 366 g/mol. The predicted octanol–water partition coefficient (Wildman–Crippen LogP) is 2.98. The third-order valence-electron chi connectivity index (χ3n) is 4.22. The zero-order valence-corrected chi connectivity index (χ0v) is 15.7. The van der Waals surface area contributed by atoms with Gasteiger partial charge in [-0.1, -0.05) is 25.8 Å². The van der Waals surface area contributed by atoms with Gasteiger partial charge in [0.15, 0.2) is 0 Å². The first-order chi connectivity index (χ1) is 13.2. The highest BCUT2D eigenvalue weighted by molar-refractivity contribution is 5.97. The van der Waals surface area contributed by atoms with E-state index in [1.807, 2.05) is 12.1 Å². The van der Waals surface area contributed by atoms with Crippen LogP contribution in [0.3, 0.4) is 0 Å². The number of hydrogen-bond donors (Lipinski definition) is 1. The van der Waals surface area contributed by atoms with Crippen molar-refractivity contribution >= 4 is 11.8 Å². The molecule has 142 valence electrons. The molecule has 2 aromatic heterocycles. The number of nitrogens with zero attached hydrogens (tertiary/aromatic N) is 3. The molecule has 0 aliphatic heterocycles. The van der Waals surface area contributed by atoms with Crippen LogP contribution in [0.25, 0.3) is 0 Å². The van der Waals surface area contributed by atoms with Crippen LogP contribution in [0.15, 0.2) is 61.7 Å². The summed E-state index contributed by atoms with van der Waals surface area (Å²) in [7, 11) is 0. The molecule has 0 spiro atoms. The Morgan fingerprint density at radius 3 is 2.37 bits per heavy atom. The number of carbonyl (C=O) groups excluding carboxylic acids is 2. The van der Waals surface area contributed by atoms with Gasteiger partial charge in [0.1, 0.15) is 6.04 Å². The van der Waals surface area contributed by atoms with Gasteiger partial charge in [-0.3, -0.25) is 19.6 Å². The molecule has 2 rings (SSSR count). The SMILES string of the molecule is C=CCNC(=O)C(CCCC)N(Cc1ccncc1)C(=O)c1ccncc1. The topological polar surface area (TPSA) is 75.2 Å². The van der Waals surface area contributed by atoms with E-state index in [4.69, 9.17) is 0 Å². The summed E-state index contributed by atoms with van der Waals surface area (Å²) in [6.07, 6.45) is 10.5. The summed E-state index contributed by atoms with van der Waals surface area (Å²) in [5, 5.41) is 2.84. The molecule has 6 heteroatoms. The maximum atomic E-state index is 13.2. The van der Waals surface area contributed by atoms with E-state index in [0.29, 0.717) is 25.1 Å². The molecule has 2 amide bonds. The van der Waals surface area contributed by atoms with Gasteiger partial charge in [0, 0.05) is 43.4 Å². The van der Waals surface area contributed by atoms with E-state index in [0.717, 1.165) is 18.4 Å². The first kappa shape index (κ1) is 20.3. The molecule has 2 aromatic rings. The standard InChI is InChI=1S/C21H26N4O2/c1-3-5-6-19(20(26)24-11-4-2)25(16-17-7-12-22-13-8-17)21(27)18-9-14-23-15-10-18/h4,7-10,12-15,19H,2-3,5-6,11,16H2,1H3,(H,24,26). The second kappa shape index (κ2) is 10.9. The van der Waals surface area contributed by atoms with Crippen molar-refractivity contribution in [2.24, 2.45) is 0 Å². The summed E-state index contributed by atoms with van der Waals surface area (Å²) < 4.78 is 0. The summed E-state index contributed by atoms with van der Waals surface area (Å²) in [6.45, 7) is 6.41. The number of rotatable bonds is 10. The molecule has 0 saturated heterocycles. The largest absolute Gasteiger partial charge is 0.351 e. The van der Waals surface area contributed by atoms with Crippen molar-refractivity contribution in [3.63, 3.8) is 0 Å². The number of aromatic nitrogens is 2. The van der Waals surface area contributed by atoms with Gasteiger partial charge in [0.2, 0.25) is 5.91 Å². The van der Waals surface area contributed by atoms with Gasteiger partial charge in [-0.25, -0.2) is 0 Å². The quantitative estimate of drug-likeness (QED) is 0.656. The van der Waals surface area contributed by atoms with E-state index in [2.05, 4.69) is 28.8 Å². The van der Waals surface area contributed by atoms with Gasteiger partial charge < -0.3 is 10.2 Å². The Hall–Kier alpha value is -3.02. The second-order valence-electron chi connectivity index (χ2n) is 6.22. The molecule has 0 fully saturated rings. The van der Waals surface area contributed by atoms with Crippen molar-refractivity contribution in [2.45, 2.75) is 38.8 Å². The van der Waals surface area contributed by atoms with Crippen molar-refractivity contribution in [3.05, 3.63) is 72.8 Å². The van der Waals surface area contributed by atoms with E-state index >= 15 is 0 Å². The van der Waals surface area contributed by atoms with Gasteiger partial charge in [-0.2, -0.15) is 0 Å². The molecule has 0 radical (unpaired) electrons. The van der Waals surface area contributed by atoms with Crippen molar-refractivity contribution in [1.29, 1.82) is 0 Å². The molecular weight excluding hydrogens is 340 g/mol. The lowest BCUT2D eigenvalue weighted by atomic mass is 10.0. The molecule has 0 bridgehead atoms. The highest BCUT2D eigenvalue weighted by Crippen LogP contribution is 2.17. The van der Waals surface area contributed by atoms with Crippen LogP contribution >= 0.6 is 0 Å². The van der Waals surface area contributed by atoms with E-state index in [1.165, 1.54) is 0 Å². The van der Waals surface area contributed by atoms with Gasteiger partial charge in [0.25, 0.3) is 5.91 Å². The molecule has 0 aliphatic carbocycles. The Kier molecular flexibility index (Phi) is 8.16. The molecule has 27 heavy (non-hydrogen) atoms. The summed E-state index contributed by atoms with van der Waals surface area (Å²) in [5.41, 5.74) is 1.43. The summed E-state index contributed by atoms with van der Waals surface area (Å²) in [5.74, 6) is -0.358. The lowest BCUT2D eigenvalue weighted by Gasteiger charge is -2.31. The van der Waals surface area contributed by atoms with Gasteiger partial charge in [0.05, 0.1) is 0 Å². The van der Waals surface area contributed by atoms with Crippen molar-refractivity contribution in [2.75, 3.05) is 6.54 Å². The van der Waals surface area contributed by atoms with Crippen LogP contribution in [-0.2, 0) is 11.3 Å². The molecule has 2 heterocycles. The first-order valence-corrected chi connectivity index (χ1v) is 9.15. The summed E-state index contributed by atoms with van der Waals surface area (Å²) in [4.78, 5) is 35.6. The number of nitrogens with one attached hydrogen (secondary N) is 1. The fourth-order valence-corrected chi connectivity index (χ4v) is 2.79. The summed E-state index contributed by atoms with van der Waals surface area (Å²) in [6, 6.07) is 6.48. The van der Waals surface area contributed by atoms with Crippen molar-refractivity contribution in [3.8, 4) is 0 Å². The Morgan fingerprint density at radius 1 is 1.15 bits per heavy atom. The van der Waals surface area contributed by atoms with Crippen LogP contribution in [-0.4, -0.2) is 39.3 Å². The summed E-state index contributed by atoms with van der Waals surface area (Å²) >= 11 is 0. The minimum absolute atomic E-state index is 0.167. The average Bonchev–Trinajstić information content (AvgIpc) is 2.72. The van der Waals surface area contributed by atoms with Crippen LogP contribution in [0.2, 0.25) is 0 Å². The lowest BCUT2D eigenvalue weighted by Crippen LogP contribution is -2.49. The van der Waals surface area contributed by atoms with Crippen LogP contribution < -0.4 is 5.32 Å². The fourth-order valence-electron chi connectivity index (χ4n) is 2.79. The number of amides is 2. The maximum Gasteiger partial charge on any atom is 0.254 e. The minimum atomic E-state index is -0.557. The maximum absolute atomic E-state index is 13.2. The third kappa shape index (κ3) is 6.02. The van der Waals surface area contributed by atoms with Crippen molar-refractivity contribution in [1.82, 2.24) is 20.2 Å². The smallest absolute Gasteiger partial charge is 0.254 e. The predicted molar refractivity (Wildman–Crippen MR) is 105 cm³/mol. The molecular formula is C21H26N4O2. The van der Waals surface area contributed by atoms with Crippen LogP contribution in [0, 0.1) is 0 Å². The first-order valence-electron chi connectivity index (χ1n) is 9.15. The van der Waals surface area contributed by atoms with Gasteiger partial charge in [-0.15, -0.1) is 6.58 Å². The fraction of sp³-hybridized carbons (Fsp3) is 0.333. The van der Waals surface area contributed by atoms with E-state index in [1.54, 1.807) is 47.9 Å². The Labute approximate surface area is 160 Å². The molecule has 0 saturated carbocycles. The minimum Gasteiger partial charge on any atom is -0.351 e. The Morgan fingerprint density at radius 2 is 1.78 bits per heavy atom. The third-order valence-corrected chi connectivity index (χ3v) is 4.22. The van der Waals surface area contributed by atoms with Crippen LogP contribution in [0.1, 0.15) is 42.1 Å². The Bertz CT molecular complexity index is 734. The van der Waals surface area contributed by atoms with E-state index < -0.39 is 6.04 Å². The number of hydrogen-bond acceptors (Lipinski definition) is 4. The van der Waals surface area contributed by atoms with Crippen LogP contribution in [0.4, 0.5) is 0 Å².